The zero-order valence-electron chi connectivity index (χ0n) is 5.63. The van der Waals surface area contributed by atoms with E-state index in [-0.39, 0.29) is 4.05 Å². The number of halogens is 1. The average Bonchev–Trinajstić information content (AvgIpc) is 1.88. The lowest BCUT2D eigenvalue weighted by Gasteiger charge is -2.01. The quantitative estimate of drug-likeness (QED) is 0.482. The average molecular weight is 247 g/mol. The Labute approximate surface area is 74.8 Å². The van der Waals surface area contributed by atoms with Crippen LogP contribution in [0, 0.1) is 0 Å². The summed E-state index contributed by atoms with van der Waals surface area (Å²) in [6, 6.07) is 10.3. The van der Waals surface area contributed by atoms with Crippen LogP contribution in [-0.4, -0.2) is 4.05 Å². The summed E-state index contributed by atoms with van der Waals surface area (Å²) in [5.41, 5.74) is 6.92. The Kier molecular flexibility index (Phi) is 3.15. The van der Waals surface area contributed by atoms with E-state index in [0.29, 0.717) is 0 Å². The second-order valence-electron chi connectivity index (χ2n) is 2.21. The first-order valence-electron chi connectivity index (χ1n) is 3.22. The van der Waals surface area contributed by atoms with Gasteiger partial charge in [-0.15, -0.1) is 0 Å². The van der Waals surface area contributed by atoms with Gasteiger partial charge in [0.1, 0.15) is 0 Å². The monoisotopic (exact) mass is 247 g/mol. The van der Waals surface area contributed by atoms with E-state index in [2.05, 4.69) is 34.7 Å². The lowest BCUT2D eigenvalue weighted by atomic mass is 10.2. The van der Waals surface area contributed by atoms with Crippen molar-refractivity contribution in [1.82, 2.24) is 0 Å². The molecular weight excluding hydrogens is 237 g/mol. The van der Waals surface area contributed by atoms with Gasteiger partial charge in [-0.1, -0.05) is 52.9 Å². The predicted octanol–water partition coefficient (Wildman–Crippen LogP) is 1.95. The first-order chi connectivity index (χ1) is 4.79. The largest absolute Gasteiger partial charge is 0.319 e. The van der Waals surface area contributed by atoms with E-state index in [1.807, 2.05) is 18.2 Å². The number of benzene rings is 1. The van der Waals surface area contributed by atoms with Crippen molar-refractivity contribution in [3.05, 3.63) is 35.9 Å². The van der Waals surface area contributed by atoms with Gasteiger partial charge in [-0.05, 0) is 12.0 Å². The van der Waals surface area contributed by atoms with Crippen LogP contribution in [0.15, 0.2) is 30.3 Å². The fourth-order valence-electron chi connectivity index (χ4n) is 0.839. The second-order valence-corrected chi connectivity index (χ2v) is 3.81. The van der Waals surface area contributed by atoms with E-state index < -0.39 is 0 Å². The number of hydrogen-bond acceptors (Lipinski definition) is 1. The molecular formula is C8H10IN. The molecule has 0 heterocycles. The van der Waals surface area contributed by atoms with Crippen LogP contribution >= 0.6 is 22.6 Å². The third-order valence-corrected chi connectivity index (χ3v) is 1.71. The van der Waals surface area contributed by atoms with Crippen molar-refractivity contribution in [1.29, 1.82) is 0 Å². The number of rotatable bonds is 2. The molecule has 1 aromatic carbocycles. The van der Waals surface area contributed by atoms with Gasteiger partial charge in [-0.25, -0.2) is 0 Å². The van der Waals surface area contributed by atoms with Crippen molar-refractivity contribution in [3.63, 3.8) is 0 Å². The van der Waals surface area contributed by atoms with Gasteiger partial charge in [-0.2, -0.15) is 0 Å². The van der Waals surface area contributed by atoms with Crippen LogP contribution in [0.3, 0.4) is 0 Å². The van der Waals surface area contributed by atoms with Crippen molar-refractivity contribution in [3.8, 4) is 0 Å². The van der Waals surface area contributed by atoms with Crippen LogP contribution in [0.1, 0.15) is 5.56 Å². The third-order valence-electron chi connectivity index (χ3n) is 1.27. The zero-order chi connectivity index (χ0) is 7.40. The smallest absolute Gasteiger partial charge is 0.0609 e. The highest BCUT2D eigenvalue weighted by molar-refractivity contribution is 14.1. The Morgan fingerprint density at radius 2 is 1.90 bits per heavy atom. The maximum absolute atomic E-state index is 5.61. The van der Waals surface area contributed by atoms with Crippen molar-refractivity contribution in [2.45, 2.75) is 10.5 Å². The summed E-state index contributed by atoms with van der Waals surface area (Å²) < 4.78 is 0.236. The molecule has 0 spiro atoms. The fourth-order valence-corrected chi connectivity index (χ4v) is 1.35. The highest BCUT2D eigenvalue weighted by Crippen LogP contribution is 2.04. The van der Waals surface area contributed by atoms with Gasteiger partial charge in [0.15, 0.2) is 0 Å². The summed E-state index contributed by atoms with van der Waals surface area (Å²) in [6.45, 7) is 0. The molecule has 0 radical (unpaired) electrons. The molecule has 0 saturated carbocycles. The zero-order valence-corrected chi connectivity index (χ0v) is 7.78. The molecule has 1 aromatic rings. The fraction of sp³-hybridized carbons (Fsp3) is 0.250. The Hall–Kier alpha value is -0.0900. The standard InChI is InChI=1S/C8H10IN/c9-8(10)6-7-4-2-1-3-5-7/h1-5,8H,6,10H2. The Morgan fingerprint density at radius 1 is 1.30 bits per heavy atom. The molecule has 2 N–H and O–H groups in total. The Balaban J connectivity index is 2.59. The third kappa shape index (κ3) is 2.66. The molecule has 1 unspecified atom stereocenters. The summed E-state index contributed by atoms with van der Waals surface area (Å²) in [6.07, 6.45) is 0.960. The van der Waals surface area contributed by atoms with Gasteiger partial charge in [0.05, 0.1) is 4.05 Å². The highest BCUT2D eigenvalue weighted by Gasteiger charge is 1.95. The van der Waals surface area contributed by atoms with E-state index in [1.165, 1.54) is 5.56 Å². The lowest BCUT2D eigenvalue weighted by molar-refractivity contribution is 0.935. The topological polar surface area (TPSA) is 26.0 Å². The molecule has 0 aliphatic rings. The van der Waals surface area contributed by atoms with Gasteiger partial charge in [0.25, 0.3) is 0 Å². The van der Waals surface area contributed by atoms with Crippen molar-refractivity contribution >= 4 is 22.6 Å². The number of nitrogens with two attached hydrogens (primary N) is 1. The molecule has 0 aliphatic heterocycles. The van der Waals surface area contributed by atoms with Crippen LogP contribution in [-0.2, 0) is 6.42 Å². The van der Waals surface area contributed by atoms with Gasteiger partial charge >= 0.3 is 0 Å². The van der Waals surface area contributed by atoms with E-state index in [0.717, 1.165) is 6.42 Å². The molecule has 0 bridgehead atoms. The van der Waals surface area contributed by atoms with E-state index in [1.54, 1.807) is 0 Å². The maximum Gasteiger partial charge on any atom is 0.0609 e. The lowest BCUT2D eigenvalue weighted by Crippen LogP contribution is -2.13. The summed E-state index contributed by atoms with van der Waals surface area (Å²) in [7, 11) is 0. The molecule has 2 heteroatoms. The van der Waals surface area contributed by atoms with Gasteiger partial charge in [0.2, 0.25) is 0 Å². The summed E-state index contributed by atoms with van der Waals surface area (Å²) in [4.78, 5) is 0. The molecule has 0 aromatic heterocycles. The first kappa shape index (κ1) is 8.01. The van der Waals surface area contributed by atoms with E-state index in [9.17, 15) is 0 Å². The predicted molar refractivity (Wildman–Crippen MR) is 52.1 cm³/mol. The number of hydrogen-bond donors (Lipinski definition) is 1. The molecule has 1 atom stereocenters. The first-order valence-corrected chi connectivity index (χ1v) is 4.47. The summed E-state index contributed by atoms with van der Waals surface area (Å²) in [5.74, 6) is 0. The minimum atomic E-state index is 0.236. The maximum atomic E-state index is 5.61. The van der Waals surface area contributed by atoms with Crippen molar-refractivity contribution in [2.24, 2.45) is 5.73 Å². The Morgan fingerprint density at radius 3 is 2.40 bits per heavy atom. The molecule has 0 aliphatic carbocycles. The van der Waals surface area contributed by atoms with Gasteiger partial charge < -0.3 is 5.73 Å². The second kappa shape index (κ2) is 3.93. The van der Waals surface area contributed by atoms with Gasteiger partial charge in [-0.3, -0.25) is 0 Å². The molecule has 0 fully saturated rings. The van der Waals surface area contributed by atoms with Crippen LogP contribution in [0.25, 0.3) is 0 Å². The molecule has 1 rings (SSSR count). The SMILES string of the molecule is NC(I)Cc1ccccc1. The molecule has 54 valence electrons. The van der Waals surface area contributed by atoms with Crippen molar-refractivity contribution in [2.75, 3.05) is 0 Å². The van der Waals surface area contributed by atoms with Crippen molar-refractivity contribution < 1.29 is 0 Å². The Bertz CT molecular complexity index is 184. The summed E-state index contributed by atoms with van der Waals surface area (Å²) >= 11 is 2.22. The molecule has 1 nitrogen and oxygen atoms in total. The molecule has 10 heavy (non-hydrogen) atoms. The molecule has 0 amide bonds. The summed E-state index contributed by atoms with van der Waals surface area (Å²) in [5, 5.41) is 0. The molecule has 0 saturated heterocycles. The minimum Gasteiger partial charge on any atom is -0.319 e. The van der Waals surface area contributed by atoms with Crippen LogP contribution in [0.5, 0.6) is 0 Å². The van der Waals surface area contributed by atoms with E-state index in [4.69, 9.17) is 5.73 Å². The van der Waals surface area contributed by atoms with Crippen LogP contribution in [0.2, 0.25) is 0 Å². The number of alkyl halides is 1. The van der Waals surface area contributed by atoms with Crippen LogP contribution < -0.4 is 5.73 Å². The van der Waals surface area contributed by atoms with Crippen LogP contribution in [0.4, 0.5) is 0 Å². The van der Waals surface area contributed by atoms with Gasteiger partial charge in [0, 0.05) is 0 Å². The minimum absolute atomic E-state index is 0.236. The highest BCUT2D eigenvalue weighted by atomic mass is 127. The normalized spacial score (nSPS) is 13.0. The van der Waals surface area contributed by atoms with E-state index >= 15 is 0 Å².